The lowest BCUT2D eigenvalue weighted by molar-refractivity contribution is -0.183. The molecule has 0 saturated heterocycles. The number of aliphatic imine (C=N–C) groups is 1. The molecule has 7 heteroatoms. The van der Waals surface area contributed by atoms with Crippen molar-refractivity contribution >= 4 is 5.96 Å². The van der Waals surface area contributed by atoms with Gasteiger partial charge in [0, 0.05) is 31.4 Å². The highest BCUT2D eigenvalue weighted by molar-refractivity contribution is 5.80. The van der Waals surface area contributed by atoms with Crippen LogP contribution in [0.5, 0.6) is 0 Å². The van der Waals surface area contributed by atoms with E-state index in [1.165, 1.54) is 0 Å². The summed E-state index contributed by atoms with van der Waals surface area (Å²) in [5.41, 5.74) is 2.96. The van der Waals surface area contributed by atoms with Gasteiger partial charge in [-0.15, -0.1) is 0 Å². The Morgan fingerprint density at radius 3 is 2.75 bits per heavy atom. The Kier molecular flexibility index (Phi) is 6.54. The molecule has 0 radical (unpaired) electrons. The summed E-state index contributed by atoms with van der Waals surface area (Å²) in [6.45, 7) is 0.524. The molecule has 1 saturated carbocycles. The first-order valence-corrected chi connectivity index (χ1v) is 9.50. The van der Waals surface area contributed by atoms with Gasteiger partial charge in [-0.25, -0.2) is 0 Å². The van der Waals surface area contributed by atoms with Gasteiger partial charge in [-0.1, -0.05) is 30.7 Å². The van der Waals surface area contributed by atoms with E-state index < -0.39 is 12.1 Å². The molecule has 1 aliphatic carbocycles. The van der Waals surface area contributed by atoms with Gasteiger partial charge in [0.15, 0.2) is 5.96 Å². The highest BCUT2D eigenvalue weighted by atomic mass is 19.4. The number of nitrogens with one attached hydrogen (secondary N) is 2. The highest BCUT2D eigenvalue weighted by Gasteiger charge is 2.42. The molecular formula is C21H25F3N4. The molecule has 1 heterocycles. The number of guanidine groups is 1. The summed E-state index contributed by atoms with van der Waals surface area (Å²) in [6.07, 6.45) is -0.756. The number of pyridine rings is 1. The summed E-state index contributed by atoms with van der Waals surface area (Å²) in [4.78, 5) is 8.52. The summed E-state index contributed by atoms with van der Waals surface area (Å²) in [5.74, 6) is -0.706. The van der Waals surface area contributed by atoms with Crippen LogP contribution in [-0.4, -0.2) is 30.2 Å². The Labute approximate surface area is 163 Å². The van der Waals surface area contributed by atoms with Crippen LogP contribution >= 0.6 is 0 Å². The predicted octanol–water partition coefficient (Wildman–Crippen LogP) is 4.53. The topological polar surface area (TPSA) is 49.3 Å². The SMILES string of the molecule is CN=C(NCc1cccc(-c2ccccn2)c1)NC1CCCC(C(F)(F)F)C1. The van der Waals surface area contributed by atoms with Crippen molar-refractivity contribution in [2.45, 2.75) is 44.4 Å². The number of benzene rings is 1. The molecule has 2 unspecified atom stereocenters. The quantitative estimate of drug-likeness (QED) is 0.596. The summed E-state index contributed by atoms with van der Waals surface area (Å²) in [7, 11) is 1.63. The van der Waals surface area contributed by atoms with E-state index in [9.17, 15) is 13.2 Å². The summed E-state index contributed by atoms with van der Waals surface area (Å²) < 4.78 is 39.0. The fraction of sp³-hybridized carbons (Fsp3) is 0.429. The Hall–Kier alpha value is -2.57. The van der Waals surface area contributed by atoms with Crippen LogP contribution in [0, 0.1) is 5.92 Å². The van der Waals surface area contributed by atoms with Crippen LogP contribution in [0.4, 0.5) is 13.2 Å². The van der Waals surface area contributed by atoms with E-state index in [1.54, 1.807) is 13.2 Å². The van der Waals surface area contributed by atoms with Gasteiger partial charge in [0.2, 0.25) is 0 Å². The lowest BCUT2D eigenvalue weighted by atomic mass is 9.85. The first-order chi connectivity index (χ1) is 13.5. The van der Waals surface area contributed by atoms with Gasteiger partial charge < -0.3 is 10.6 Å². The average Bonchev–Trinajstić information content (AvgIpc) is 2.71. The average molecular weight is 390 g/mol. The zero-order chi connectivity index (χ0) is 20.0. The van der Waals surface area contributed by atoms with E-state index in [4.69, 9.17) is 0 Å². The van der Waals surface area contributed by atoms with E-state index in [1.807, 2.05) is 42.5 Å². The third-order valence-corrected chi connectivity index (χ3v) is 5.05. The number of rotatable bonds is 4. The van der Waals surface area contributed by atoms with E-state index >= 15 is 0 Å². The molecule has 1 aromatic heterocycles. The van der Waals surface area contributed by atoms with E-state index in [2.05, 4.69) is 20.6 Å². The minimum absolute atomic E-state index is 0.0966. The number of aromatic nitrogens is 1. The van der Waals surface area contributed by atoms with Gasteiger partial charge in [-0.05, 0) is 43.0 Å². The zero-order valence-corrected chi connectivity index (χ0v) is 15.8. The van der Waals surface area contributed by atoms with Crippen molar-refractivity contribution in [2.24, 2.45) is 10.9 Å². The summed E-state index contributed by atoms with van der Waals surface area (Å²) in [6, 6.07) is 13.6. The number of hydrogen-bond donors (Lipinski definition) is 2. The third-order valence-electron chi connectivity index (χ3n) is 5.05. The number of halogens is 3. The first-order valence-electron chi connectivity index (χ1n) is 9.50. The van der Waals surface area contributed by atoms with Gasteiger partial charge in [-0.3, -0.25) is 9.98 Å². The van der Waals surface area contributed by atoms with Crippen LogP contribution < -0.4 is 10.6 Å². The summed E-state index contributed by atoms with van der Waals surface area (Å²) >= 11 is 0. The molecule has 2 N–H and O–H groups in total. The van der Waals surface area contributed by atoms with Gasteiger partial charge in [0.05, 0.1) is 11.6 Å². The summed E-state index contributed by atoms with van der Waals surface area (Å²) in [5, 5.41) is 6.35. The molecule has 3 rings (SSSR count). The second-order valence-corrected chi connectivity index (χ2v) is 7.09. The smallest absolute Gasteiger partial charge is 0.354 e. The minimum Gasteiger partial charge on any atom is -0.354 e. The fourth-order valence-corrected chi connectivity index (χ4v) is 3.57. The minimum atomic E-state index is -4.12. The van der Waals surface area contributed by atoms with Crippen molar-refractivity contribution < 1.29 is 13.2 Å². The van der Waals surface area contributed by atoms with Crippen molar-refractivity contribution in [1.29, 1.82) is 0 Å². The largest absolute Gasteiger partial charge is 0.391 e. The lowest BCUT2D eigenvalue weighted by Crippen LogP contribution is -2.46. The van der Waals surface area contributed by atoms with Gasteiger partial charge in [0.1, 0.15) is 0 Å². The number of alkyl halides is 3. The van der Waals surface area contributed by atoms with Crippen LogP contribution in [0.3, 0.4) is 0 Å². The van der Waals surface area contributed by atoms with Gasteiger partial charge >= 0.3 is 6.18 Å². The maximum Gasteiger partial charge on any atom is 0.391 e. The Morgan fingerprint density at radius 1 is 1.18 bits per heavy atom. The number of hydrogen-bond acceptors (Lipinski definition) is 2. The third kappa shape index (κ3) is 5.47. The second-order valence-electron chi connectivity index (χ2n) is 7.09. The van der Waals surface area contributed by atoms with Crippen LogP contribution in [-0.2, 0) is 6.54 Å². The van der Waals surface area contributed by atoms with Crippen molar-refractivity contribution in [3.63, 3.8) is 0 Å². The normalized spacial score (nSPS) is 20.6. The zero-order valence-electron chi connectivity index (χ0n) is 15.8. The molecule has 1 aliphatic rings. The van der Waals surface area contributed by atoms with E-state index in [-0.39, 0.29) is 18.9 Å². The standard InChI is InChI=1S/C21H25F3N4/c1-25-20(28-18-9-5-8-17(13-18)21(22,23)24)27-14-15-6-4-7-16(12-15)19-10-2-3-11-26-19/h2-4,6-7,10-12,17-18H,5,8-9,13-14H2,1H3,(H2,25,27,28). The molecule has 0 spiro atoms. The molecular weight excluding hydrogens is 365 g/mol. The molecule has 2 atom stereocenters. The van der Waals surface area contributed by atoms with Crippen LogP contribution in [0.15, 0.2) is 53.7 Å². The van der Waals surface area contributed by atoms with Crippen LogP contribution in [0.25, 0.3) is 11.3 Å². The molecule has 1 aromatic carbocycles. The maximum atomic E-state index is 13.0. The molecule has 150 valence electrons. The monoisotopic (exact) mass is 390 g/mol. The van der Waals surface area contributed by atoms with Crippen LogP contribution in [0.1, 0.15) is 31.2 Å². The molecule has 0 amide bonds. The Morgan fingerprint density at radius 2 is 2.04 bits per heavy atom. The molecule has 0 bridgehead atoms. The number of nitrogens with zero attached hydrogens (tertiary/aromatic N) is 2. The van der Waals surface area contributed by atoms with Crippen LogP contribution in [0.2, 0.25) is 0 Å². The fourth-order valence-electron chi connectivity index (χ4n) is 3.57. The van der Waals surface area contributed by atoms with Crippen molar-refractivity contribution in [2.75, 3.05) is 7.05 Å². The Balaban J connectivity index is 1.57. The van der Waals surface area contributed by atoms with Gasteiger partial charge in [0.25, 0.3) is 0 Å². The first kappa shape index (κ1) is 20.2. The highest BCUT2D eigenvalue weighted by Crippen LogP contribution is 2.37. The maximum absolute atomic E-state index is 13.0. The predicted molar refractivity (Wildman–Crippen MR) is 105 cm³/mol. The van der Waals surface area contributed by atoms with E-state index in [0.29, 0.717) is 18.9 Å². The molecule has 2 aromatic rings. The molecule has 4 nitrogen and oxygen atoms in total. The van der Waals surface area contributed by atoms with Gasteiger partial charge in [-0.2, -0.15) is 13.2 Å². The lowest BCUT2D eigenvalue weighted by Gasteiger charge is -2.31. The molecule has 0 aliphatic heterocycles. The second kappa shape index (κ2) is 9.08. The molecule has 28 heavy (non-hydrogen) atoms. The van der Waals surface area contributed by atoms with E-state index in [0.717, 1.165) is 23.2 Å². The van der Waals surface area contributed by atoms with Crippen molar-refractivity contribution in [3.8, 4) is 11.3 Å². The van der Waals surface area contributed by atoms with Crippen molar-refractivity contribution in [1.82, 2.24) is 15.6 Å². The molecule has 1 fully saturated rings. The Bertz CT molecular complexity index is 790. The van der Waals surface area contributed by atoms with Crippen molar-refractivity contribution in [3.05, 3.63) is 54.2 Å².